The molecule has 0 aromatic carbocycles. The Morgan fingerprint density at radius 3 is 0.189 bits per heavy atom. The fraction of sp³-hybridized carbons (Fsp3) is 0.667. The normalized spacial score (nSPS) is 12.0. The Kier molecular flexibility index (Phi) is 715. The molecule has 0 atom stereocenters. The van der Waals surface area contributed by atoms with Crippen molar-refractivity contribution in [2.45, 2.75) is 0 Å². The van der Waals surface area contributed by atoms with Crippen molar-refractivity contribution in [1.82, 2.24) is 0 Å². The number of rotatable bonds is 0. The Morgan fingerprint density at radius 1 is 0.135 bits per heavy atom. The van der Waals surface area contributed by atoms with Crippen molar-refractivity contribution in [3.05, 3.63) is 78.9 Å². The maximum atomic E-state index is 6.25. The smallest absolute Gasteiger partial charge is 0.512 e. The molecule has 0 aromatic heterocycles. The van der Waals surface area contributed by atoms with E-state index >= 15 is 0 Å². The third-order valence-corrected chi connectivity index (χ3v) is 4.46. The molecule has 0 bridgehead atoms. The molecule has 2 fully saturated rings. The van der Waals surface area contributed by atoms with Crippen molar-refractivity contribution < 1.29 is 226 Å². The van der Waals surface area contributed by atoms with Crippen LogP contribution in [-0.4, -0.2) is 213 Å². The number of hydrogen-bond donors (Lipinski definition) is 0. The summed E-state index contributed by atoms with van der Waals surface area (Å²) in [6.07, 6.45) is 0. The first kappa shape index (κ1) is 172. The van der Waals surface area contributed by atoms with Crippen LogP contribution in [0.4, 0.5) is 0 Å². The zero-order valence-electron chi connectivity index (χ0n) is 39.7. The molecule has 34 nitrogen and oxygen atoms in total. The van der Waals surface area contributed by atoms with Crippen LogP contribution >= 0.6 is 0 Å². The van der Waals surface area contributed by atoms with Crippen LogP contribution in [0.5, 0.6) is 0 Å². The zero-order valence-corrected chi connectivity index (χ0v) is 46.4. The zero-order chi connectivity index (χ0) is 49.5. The molecule has 0 saturated carbocycles. The molecule has 2 rings (SSSR count). The molecule has 0 amide bonds. The monoisotopic (exact) mass is 1450 g/mol. The Bertz CT molecular complexity index is 644. The van der Waals surface area contributed by atoms with Gasteiger partial charge in [-0.05, 0) is 0 Å². The Morgan fingerprint density at radius 2 is 0.162 bits per heavy atom. The molecular weight excluding hydrogens is 1380 g/mol. The van der Waals surface area contributed by atoms with Crippen molar-refractivity contribution >= 4 is 0 Å². The molecule has 0 aliphatic carbocycles. The molecule has 0 unspecified atom stereocenters. The van der Waals surface area contributed by atoms with E-state index in [-0.39, 0.29) is 169 Å². The van der Waals surface area contributed by atoms with Gasteiger partial charge in [0.25, 0.3) is 0 Å². The molecule has 20 N–H and O–H groups in total. The first-order valence-electron chi connectivity index (χ1n) is 15.6. The predicted octanol–water partition coefficient (Wildman–Crippen LogP) is -6.90. The van der Waals surface area contributed by atoms with Crippen LogP contribution in [0.15, 0.2) is 0 Å². The minimum atomic E-state index is 0. The third-order valence-electron chi connectivity index (χ3n) is 4.46. The van der Waals surface area contributed by atoms with Crippen molar-refractivity contribution in [3.8, 4) is 0 Å². The van der Waals surface area contributed by atoms with Gasteiger partial charge < -0.3 is 254 Å². The molecule has 38 heteroatoms. The topological polar surface area (TPSA) is 711 Å². The summed E-state index contributed by atoms with van der Waals surface area (Å²) < 4.78 is 63.9. The summed E-state index contributed by atoms with van der Waals surface area (Å²) in [4.78, 5) is 0. The van der Waals surface area contributed by atoms with Crippen molar-refractivity contribution in [2.24, 2.45) is 0 Å². The summed E-state index contributed by atoms with van der Waals surface area (Å²) in [7, 11) is 0. The molecule has 74 heavy (non-hydrogen) atoms. The van der Waals surface area contributed by atoms with Crippen LogP contribution in [0.3, 0.4) is 0 Å². The third kappa shape index (κ3) is 295. The second-order valence-corrected chi connectivity index (χ2v) is 7.35. The largest absolute Gasteiger partial charge is 3.00 e. The van der Waals surface area contributed by atoms with Crippen molar-refractivity contribution in [2.75, 3.05) is 159 Å². The minimum Gasteiger partial charge on any atom is -0.512 e. The van der Waals surface area contributed by atoms with Crippen molar-refractivity contribution in [1.29, 1.82) is 63.1 Å². The van der Waals surface area contributed by atoms with E-state index in [1.807, 2.05) is 0 Å². The van der Waals surface area contributed by atoms with Crippen LogP contribution in [-0.2, 0) is 91.0 Å². The van der Waals surface area contributed by atoms with Gasteiger partial charge in [-0.3, -0.25) is 0 Å². The maximum Gasteiger partial charge on any atom is 3.00 e. The molecule has 436 valence electrons. The van der Waals surface area contributed by atoms with Gasteiger partial charge in [-0.1, -0.05) is 0 Å². The van der Waals surface area contributed by atoms with E-state index in [2.05, 4.69) is 0 Å². The maximum absolute atomic E-state index is 6.25. The van der Waals surface area contributed by atoms with E-state index in [9.17, 15) is 0 Å². The van der Waals surface area contributed by atoms with E-state index in [0.717, 1.165) is 0 Å². The first-order chi connectivity index (χ1) is 30.0. The van der Waals surface area contributed by atoms with Gasteiger partial charge in [0, 0.05) is 0 Å². The van der Waals surface area contributed by atoms with Gasteiger partial charge in [0.2, 0.25) is 0 Å². The van der Waals surface area contributed by atoms with Gasteiger partial charge in [0.15, 0.2) is 0 Å². The molecule has 2 heterocycles. The minimum absolute atomic E-state index is 0. The number of ether oxygens (including phenoxy) is 12. The summed E-state index contributed by atoms with van der Waals surface area (Å²) in [5.41, 5.74) is 0. The fourth-order valence-electron chi connectivity index (χ4n) is 2.64. The van der Waals surface area contributed by atoms with Crippen LogP contribution in [0.25, 0.3) is 0 Å². The van der Waals surface area contributed by atoms with Crippen LogP contribution in [0, 0.1) is 222 Å². The second kappa shape index (κ2) is 308. The second-order valence-electron chi connectivity index (χ2n) is 7.35. The molecule has 0 spiro atoms. The molecule has 2 aliphatic rings. The van der Waals surface area contributed by atoms with E-state index in [1.54, 1.807) is 0 Å². The molecular formula is C36H68Fe2Gd2N12O22. The van der Waals surface area contributed by atoms with Crippen LogP contribution < -0.4 is 0 Å². The Labute approximate surface area is 521 Å². The van der Waals surface area contributed by atoms with E-state index in [1.165, 1.54) is 0 Å². The summed E-state index contributed by atoms with van der Waals surface area (Å²) in [6, 6.07) is 0. The van der Waals surface area contributed by atoms with Gasteiger partial charge in [-0.2, -0.15) is 0 Å². The predicted molar refractivity (Wildman–Crippen MR) is 226 cm³/mol. The Hall–Kier alpha value is -3.31. The molecule has 0 aromatic rings. The average molecular weight is 1450 g/mol. The van der Waals surface area contributed by atoms with Crippen LogP contribution in [0.1, 0.15) is 0 Å². The van der Waals surface area contributed by atoms with E-state index < -0.39 is 0 Å². The fourth-order valence-corrected chi connectivity index (χ4v) is 2.64. The SMILES string of the molecule is C1COCCOCCOCCOCCOCCO1.C1COCCOCCOCCOCCOCCO1.O.O.O.O.O.O.O.O.O.O.[C-]#N.[C-]#N.[C-]#N.[C-]#N.[C-]#N.[C-]#N.[C-]#N.[C-]#N.[C-]#N.[C-]#N.[C-]#N.[C-]#N.[Fe+3].[Fe+3].[Gd+3].[Gd+3]. The van der Waals surface area contributed by atoms with Gasteiger partial charge in [0.1, 0.15) is 0 Å². The number of hydrogen-bond acceptors (Lipinski definition) is 24. The quantitative estimate of drug-likeness (QED) is 0.161. The van der Waals surface area contributed by atoms with Crippen molar-refractivity contribution in [3.63, 3.8) is 0 Å². The van der Waals surface area contributed by atoms with Gasteiger partial charge in [-0.15, -0.1) is 0 Å². The van der Waals surface area contributed by atoms with Crippen LogP contribution in [0.2, 0.25) is 0 Å². The van der Waals surface area contributed by atoms with E-state index in [4.69, 9.17) is 199 Å². The molecule has 2 aliphatic heterocycles. The van der Waals surface area contributed by atoms with E-state index in [0.29, 0.717) is 159 Å². The van der Waals surface area contributed by atoms with Gasteiger partial charge in [0.05, 0.1) is 159 Å². The average Bonchev–Trinajstić information content (AvgIpc) is 3.37. The number of nitrogens with zero attached hydrogens (tertiary/aromatic N) is 12. The summed E-state index contributed by atoms with van der Waals surface area (Å²) in [5.74, 6) is 0. The standard InChI is InChI=1S/2C12H24O6.12CN.2Fe.2Gd.10H2O/c2*1-2-14-5-6-16-9-10-18-12-11-17-8-7-15-4-3-13-1;12*1-2;;;;;;;;;;;;;;/h2*1-12H2;;;;;;;;;;;;;;;;;10*1H2/q;;12*-1;4*+3;;;;;;;;;;. The molecule has 4 radical (unpaired) electrons. The summed E-state index contributed by atoms with van der Waals surface area (Å²) in [5, 5.41) is 75.0. The van der Waals surface area contributed by atoms with Gasteiger partial charge >= 0.3 is 114 Å². The summed E-state index contributed by atoms with van der Waals surface area (Å²) in [6.45, 7) is 71.1. The summed E-state index contributed by atoms with van der Waals surface area (Å²) >= 11 is 0. The molecule has 2 saturated heterocycles. The van der Waals surface area contributed by atoms with Gasteiger partial charge in [-0.25, -0.2) is 0 Å². The Balaban J connectivity index is -0.0000000162. The first-order valence-corrected chi connectivity index (χ1v) is 15.6.